The predicted molar refractivity (Wildman–Crippen MR) is 113 cm³/mol. The van der Waals surface area contributed by atoms with Crippen LogP contribution < -0.4 is 5.32 Å². The van der Waals surface area contributed by atoms with Crippen molar-refractivity contribution in [3.63, 3.8) is 0 Å². The molecule has 6 nitrogen and oxygen atoms in total. The number of amidine groups is 1. The van der Waals surface area contributed by atoms with Crippen molar-refractivity contribution in [3.05, 3.63) is 0 Å². The van der Waals surface area contributed by atoms with Gasteiger partial charge >= 0.3 is 6.03 Å². The minimum absolute atomic E-state index is 0.211. The summed E-state index contributed by atoms with van der Waals surface area (Å²) in [5.74, 6) is 0.812. The maximum atomic E-state index is 12.5. The Balaban J connectivity index is 1.91. The van der Waals surface area contributed by atoms with E-state index in [4.69, 9.17) is 4.99 Å². The largest absolute Gasteiger partial charge is 0.336 e. The maximum Gasteiger partial charge on any atom is 0.325 e. The number of carbonyl (C=O) groups is 2. The molecule has 0 aromatic rings. The number of imide groups is 1. The van der Waals surface area contributed by atoms with Gasteiger partial charge in [0.25, 0.3) is 5.91 Å². The molecule has 2 atom stereocenters. The highest BCUT2D eigenvalue weighted by Crippen LogP contribution is 2.29. The zero-order valence-corrected chi connectivity index (χ0v) is 18.0. The Hall–Kier alpha value is -1.24. The van der Waals surface area contributed by atoms with E-state index in [2.05, 4.69) is 24.1 Å². The first kappa shape index (κ1) is 22.1. The van der Waals surface area contributed by atoms with Gasteiger partial charge in [-0.3, -0.25) is 10.1 Å². The van der Waals surface area contributed by atoms with Gasteiger partial charge in [0.05, 0.1) is 0 Å². The Morgan fingerprint density at radius 1 is 0.963 bits per heavy atom. The van der Waals surface area contributed by atoms with E-state index < -0.39 is 0 Å². The van der Waals surface area contributed by atoms with E-state index >= 15 is 0 Å². The minimum Gasteiger partial charge on any atom is -0.336 e. The number of hydrogen-bond donors (Lipinski definition) is 1. The topological polar surface area (TPSA) is 65.0 Å². The highest BCUT2D eigenvalue weighted by atomic mass is 32.2. The number of nitrogens with zero attached hydrogens (tertiary/aromatic N) is 3. The van der Waals surface area contributed by atoms with Crippen molar-refractivity contribution < 1.29 is 9.59 Å². The monoisotopic (exact) mass is 396 g/mol. The average Bonchev–Trinajstić information content (AvgIpc) is 3.02. The van der Waals surface area contributed by atoms with Crippen molar-refractivity contribution in [3.8, 4) is 0 Å². The molecule has 27 heavy (non-hydrogen) atoms. The van der Waals surface area contributed by atoms with Gasteiger partial charge in [0, 0.05) is 19.3 Å². The van der Waals surface area contributed by atoms with Crippen molar-refractivity contribution in [1.29, 1.82) is 0 Å². The third-order valence-corrected chi connectivity index (χ3v) is 6.40. The second-order valence-electron chi connectivity index (χ2n) is 7.55. The number of nitrogens with one attached hydrogen (secondary N) is 1. The first-order chi connectivity index (χ1) is 13.1. The summed E-state index contributed by atoms with van der Waals surface area (Å²) >= 11 is 1.75. The van der Waals surface area contributed by atoms with Crippen molar-refractivity contribution in [2.75, 3.05) is 19.3 Å². The fourth-order valence-corrected chi connectivity index (χ4v) is 4.69. The molecule has 2 aliphatic rings. The standard InChI is InChI=1S/C20H36N4O2S/c1-4-6-8-10-11-13-15-27-20-21-17-16(18(25)22-19(26)23(17)3)24(20)14-12-9-7-5-2/h16-17H,4-15H2,1-3H3,(H,22,25,26). The van der Waals surface area contributed by atoms with Crippen LogP contribution in [0.25, 0.3) is 0 Å². The Morgan fingerprint density at radius 2 is 1.59 bits per heavy atom. The van der Waals surface area contributed by atoms with Crippen molar-refractivity contribution >= 4 is 28.9 Å². The normalized spacial score (nSPS) is 22.1. The van der Waals surface area contributed by atoms with Crippen LogP contribution in [-0.2, 0) is 4.79 Å². The molecule has 1 fully saturated rings. The van der Waals surface area contributed by atoms with Crippen LogP contribution >= 0.6 is 11.8 Å². The zero-order valence-electron chi connectivity index (χ0n) is 17.2. The number of carbonyl (C=O) groups excluding carboxylic acids is 2. The molecule has 1 saturated heterocycles. The molecule has 0 saturated carbocycles. The van der Waals surface area contributed by atoms with E-state index in [1.165, 1.54) is 51.4 Å². The molecule has 2 unspecified atom stereocenters. The Kier molecular flexibility index (Phi) is 9.45. The molecule has 2 aliphatic heterocycles. The van der Waals surface area contributed by atoms with Gasteiger partial charge in [0.15, 0.2) is 17.4 Å². The number of aliphatic imine (C=N–C) groups is 1. The van der Waals surface area contributed by atoms with Gasteiger partial charge in [0.1, 0.15) is 0 Å². The van der Waals surface area contributed by atoms with E-state index in [9.17, 15) is 9.59 Å². The summed E-state index contributed by atoms with van der Waals surface area (Å²) in [5.41, 5.74) is 0. The van der Waals surface area contributed by atoms with Gasteiger partial charge in [0.2, 0.25) is 0 Å². The molecule has 0 aliphatic carbocycles. The second kappa shape index (κ2) is 11.6. The van der Waals surface area contributed by atoms with Crippen molar-refractivity contribution in [2.45, 2.75) is 90.3 Å². The third-order valence-electron chi connectivity index (χ3n) is 5.30. The number of urea groups is 1. The molecule has 7 heteroatoms. The molecule has 1 N–H and O–H groups in total. The molecule has 0 radical (unpaired) electrons. The van der Waals surface area contributed by atoms with Crippen LogP contribution in [0.1, 0.15) is 78.1 Å². The lowest BCUT2D eigenvalue weighted by atomic mass is 10.1. The van der Waals surface area contributed by atoms with Crippen LogP contribution in [0.4, 0.5) is 4.79 Å². The van der Waals surface area contributed by atoms with E-state index in [0.29, 0.717) is 0 Å². The Bertz CT molecular complexity index is 526. The Morgan fingerprint density at radius 3 is 2.30 bits per heavy atom. The smallest absolute Gasteiger partial charge is 0.325 e. The molecular weight excluding hydrogens is 360 g/mol. The lowest BCUT2D eigenvalue weighted by Crippen LogP contribution is -2.63. The summed E-state index contributed by atoms with van der Waals surface area (Å²) in [5, 5.41) is 3.41. The molecule has 2 heterocycles. The molecule has 0 aromatic heterocycles. The number of rotatable bonds is 12. The highest BCUT2D eigenvalue weighted by molar-refractivity contribution is 8.13. The number of amides is 3. The second-order valence-corrected chi connectivity index (χ2v) is 8.61. The molecule has 3 amide bonds. The van der Waals surface area contributed by atoms with Gasteiger partial charge < -0.3 is 9.80 Å². The first-order valence-electron chi connectivity index (χ1n) is 10.6. The summed E-state index contributed by atoms with van der Waals surface area (Å²) in [7, 11) is 1.72. The van der Waals surface area contributed by atoms with Crippen LogP contribution in [0.5, 0.6) is 0 Å². The molecule has 0 spiro atoms. The minimum atomic E-state index is -0.385. The lowest BCUT2D eigenvalue weighted by molar-refractivity contribution is -0.127. The maximum absolute atomic E-state index is 12.5. The number of unbranched alkanes of at least 4 members (excludes halogenated alkanes) is 8. The molecule has 2 rings (SSSR count). The number of likely N-dealkylation sites (N-methyl/N-ethyl adjacent to an activating group) is 1. The predicted octanol–water partition coefficient (Wildman–Crippen LogP) is 4.21. The Labute approximate surface area is 168 Å². The summed E-state index contributed by atoms with van der Waals surface area (Å²) < 4.78 is 0. The van der Waals surface area contributed by atoms with Crippen molar-refractivity contribution in [1.82, 2.24) is 15.1 Å². The van der Waals surface area contributed by atoms with E-state index in [1.807, 2.05) is 0 Å². The van der Waals surface area contributed by atoms with Crippen LogP contribution in [0.3, 0.4) is 0 Å². The summed E-state index contributed by atoms with van der Waals surface area (Å²) in [4.78, 5) is 32.9. The average molecular weight is 397 g/mol. The van der Waals surface area contributed by atoms with Gasteiger partial charge in [-0.15, -0.1) is 0 Å². The summed E-state index contributed by atoms with van der Waals surface area (Å²) in [6, 6.07) is -0.723. The van der Waals surface area contributed by atoms with Crippen LogP contribution in [-0.4, -0.2) is 58.5 Å². The van der Waals surface area contributed by atoms with Gasteiger partial charge in [-0.25, -0.2) is 9.79 Å². The van der Waals surface area contributed by atoms with Gasteiger partial charge in [-0.05, 0) is 12.8 Å². The summed E-state index contributed by atoms with van der Waals surface area (Å²) in [6.07, 6.45) is 11.9. The van der Waals surface area contributed by atoms with Crippen LogP contribution in [0, 0.1) is 0 Å². The summed E-state index contributed by atoms with van der Waals surface area (Å²) in [6.45, 7) is 5.27. The fraction of sp³-hybridized carbons (Fsp3) is 0.850. The van der Waals surface area contributed by atoms with E-state index in [0.717, 1.165) is 30.3 Å². The number of hydrogen-bond acceptors (Lipinski definition) is 5. The van der Waals surface area contributed by atoms with E-state index in [-0.39, 0.29) is 24.1 Å². The molecular formula is C20H36N4O2S. The SMILES string of the molecule is CCCCCCCCSC1=NC2C(C(=O)NC(=O)N2C)N1CCCCCC. The molecule has 0 bridgehead atoms. The van der Waals surface area contributed by atoms with Crippen LogP contribution in [0.15, 0.2) is 4.99 Å². The van der Waals surface area contributed by atoms with Crippen LogP contribution in [0.2, 0.25) is 0 Å². The zero-order chi connectivity index (χ0) is 19.6. The highest BCUT2D eigenvalue weighted by Gasteiger charge is 2.48. The lowest BCUT2D eigenvalue weighted by Gasteiger charge is -2.36. The van der Waals surface area contributed by atoms with Crippen molar-refractivity contribution in [2.24, 2.45) is 4.99 Å². The third kappa shape index (κ3) is 6.13. The van der Waals surface area contributed by atoms with Gasteiger partial charge in [-0.2, -0.15) is 0 Å². The number of thioether (sulfide) groups is 1. The quantitative estimate of drug-likeness (QED) is 0.502. The first-order valence-corrected chi connectivity index (χ1v) is 11.6. The molecule has 0 aromatic carbocycles. The fourth-order valence-electron chi connectivity index (χ4n) is 3.61. The molecule has 154 valence electrons. The van der Waals surface area contributed by atoms with E-state index in [1.54, 1.807) is 23.7 Å². The number of fused-ring (bicyclic) bond motifs is 1. The van der Waals surface area contributed by atoms with Gasteiger partial charge in [-0.1, -0.05) is 77.0 Å².